The molecule has 2 aromatic rings. The van der Waals surface area contributed by atoms with Crippen LogP contribution in [0.2, 0.25) is 0 Å². The highest BCUT2D eigenvalue weighted by Crippen LogP contribution is 2.32. The maximum absolute atomic E-state index is 13.0. The number of amides is 1. The van der Waals surface area contributed by atoms with Gasteiger partial charge in [0.05, 0.1) is 10.5 Å². The minimum Gasteiger partial charge on any atom is -0.460 e. The fraction of sp³-hybridized carbons (Fsp3) is 0.263. The Hall–Kier alpha value is -2.92. The molecule has 0 unspecified atom stereocenters. The number of ether oxygens (including phenoxy) is 1. The maximum Gasteiger partial charge on any atom is 0.416 e. The molecule has 0 bridgehead atoms. The van der Waals surface area contributed by atoms with Crippen molar-refractivity contribution < 1.29 is 35.9 Å². The van der Waals surface area contributed by atoms with Crippen LogP contribution in [0.3, 0.4) is 0 Å². The predicted molar refractivity (Wildman–Crippen MR) is 102 cm³/mol. The third-order valence-electron chi connectivity index (χ3n) is 3.86. The van der Waals surface area contributed by atoms with Crippen LogP contribution >= 0.6 is 0 Å². The standard InChI is InChI=1S/C19H19F3N2O5S/c1-12(18(26)29-11-14-5-3-4-6-17(14)19(20,21)22)24-30(27,28)16-9-7-15(8-10-16)23-13(2)25/h3-10,12,24H,11H2,1-2H3,(H,23,25)/t12-/m1/s1. The molecule has 2 rings (SSSR count). The molecule has 0 aliphatic heterocycles. The molecule has 2 N–H and O–H groups in total. The summed E-state index contributed by atoms with van der Waals surface area (Å²) in [4.78, 5) is 22.9. The lowest BCUT2D eigenvalue weighted by atomic mass is 10.1. The first kappa shape index (κ1) is 23.4. The highest BCUT2D eigenvalue weighted by Gasteiger charge is 2.33. The molecule has 0 saturated heterocycles. The SMILES string of the molecule is CC(=O)Nc1ccc(S(=O)(=O)N[C@H](C)C(=O)OCc2ccccc2C(F)(F)F)cc1. The van der Waals surface area contributed by atoms with Gasteiger partial charge in [0.1, 0.15) is 12.6 Å². The molecule has 0 radical (unpaired) electrons. The van der Waals surface area contributed by atoms with Gasteiger partial charge in [-0.3, -0.25) is 9.59 Å². The van der Waals surface area contributed by atoms with Crippen LogP contribution in [0.1, 0.15) is 25.0 Å². The molecule has 0 spiro atoms. The van der Waals surface area contributed by atoms with Crippen molar-refractivity contribution >= 4 is 27.6 Å². The molecule has 0 aliphatic carbocycles. The summed E-state index contributed by atoms with van der Waals surface area (Å²) in [5.41, 5.74) is -0.801. The third kappa shape index (κ3) is 6.29. The molecular weight excluding hydrogens is 425 g/mol. The van der Waals surface area contributed by atoms with Gasteiger partial charge in [0.25, 0.3) is 0 Å². The highest BCUT2D eigenvalue weighted by molar-refractivity contribution is 7.89. The van der Waals surface area contributed by atoms with Gasteiger partial charge >= 0.3 is 12.1 Å². The van der Waals surface area contributed by atoms with Gasteiger partial charge in [-0.1, -0.05) is 18.2 Å². The van der Waals surface area contributed by atoms with E-state index in [9.17, 15) is 31.2 Å². The maximum atomic E-state index is 13.0. The van der Waals surface area contributed by atoms with E-state index in [0.29, 0.717) is 5.69 Å². The monoisotopic (exact) mass is 444 g/mol. The van der Waals surface area contributed by atoms with E-state index < -0.39 is 40.4 Å². The number of sulfonamides is 1. The van der Waals surface area contributed by atoms with E-state index in [2.05, 4.69) is 10.0 Å². The summed E-state index contributed by atoms with van der Waals surface area (Å²) < 4.78 is 70.7. The lowest BCUT2D eigenvalue weighted by Crippen LogP contribution is -2.39. The van der Waals surface area contributed by atoms with E-state index in [4.69, 9.17) is 4.74 Å². The minimum atomic E-state index is -4.61. The molecule has 7 nitrogen and oxygen atoms in total. The van der Waals surface area contributed by atoms with Gasteiger partial charge in [-0.25, -0.2) is 8.42 Å². The van der Waals surface area contributed by atoms with E-state index in [1.165, 1.54) is 56.3 Å². The number of hydrogen-bond donors (Lipinski definition) is 2. The van der Waals surface area contributed by atoms with Crippen molar-refractivity contribution in [2.75, 3.05) is 5.32 Å². The van der Waals surface area contributed by atoms with Crippen LogP contribution in [-0.2, 0) is 37.1 Å². The molecule has 162 valence electrons. The van der Waals surface area contributed by atoms with Crippen LogP contribution in [-0.4, -0.2) is 26.3 Å². The molecule has 1 atom stereocenters. The number of benzene rings is 2. The fourth-order valence-corrected chi connectivity index (χ4v) is 3.66. The van der Waals surface area contributed by atoms with Crippen molar-refractivity contribution in [3.05, 3.63) is 59.7 Å². The average molecular weight is 444 g/mol. The summed E-state index contributed by atoms with van der Waals surface area (Å²) in [6.45, 7) is 1.85. The van der Waals surface area contributed by atoms with E-state index >= 15 is 0 Å². The number of alkyl halides is 3. The van der Waals surface area contributed by atoms with Gasteiger partial charge in [-0.15, -0.1) is 0 Å². The lowest BCUT2D eigenvalue weighted by Gasteiger charge is -2.16. The molecule has 0 fully saturated rings. The normalized spacial score (nSPS) is 12.8. The first-order chi connectivity index (χ1) is 13.9. The molecule has 30 heavy (non-hydrogen) atoms. The van der Waals surface area contributed by atoms with Gasteiger partial charge in [0, 0.05) is 18.2 Å². The third-order valence-corrected chi connectivity index (χ3v) is 5.42. The zero-order valence-electron chi connectivity index (χ0n) is 16.0. The van der Waals surface area contributed by atoms with Gasteiger partial charge in [-0.05, 0) is 37.3 Å². The summed E-state index contributed by atoms with van der Waals surface area (Å²) in [5.74, 6) is -1.36. The van der Waals surface area contributed by atoms with Crippen molar-refractivity contribution in [3.63, 3.8) is 0 Å². The smallest absolute Gasteiger partial charge is 0.416 e. The Balaban J connectivity index is 2.02. The van der Waals surface area contributed by atoms with Crippen LogP contribution in [0.15, 0.2) is 53.4 Å². The van der Waals surface area contributed by atoms with Gasteiger partial charge < -0.3 is 10.1 Å². The molecule has 2 aromatic carbocycles. The second kappa shape index (κ2) is 9.26. The molecular formula is C19H19F3N2O5S. The number of nitrogens with one attached hydrogen (secondary N) is 2. The number of esters is 1. The molecule has 0 saturated carbocycles. The largest absolute Gasteiger partial charge is 0.460 e. The van der Waals surface area contributed by atoms with Crippen molar-refractivity contribution in [1.29, 1.82) is 0 Å². The Morgan fingerprint density at radius 2 is 1.67 bits per heavy atom. The van der Waals surface area contributed by atoms with Crippen LogP contribution in [0.5, 0.6) is 0 Å². The highest BCUT2D eigenvalue weighted by atomic mass is 32.2. The molecule has 0 aliphatic rings. The number of hydrogen-bond acceptors (Lipinski definition) is 5. The summed E-state index contributed by atoms with van der Waals surface area (Å²) >= 11 is 0. The molecule has 0 heterocycles. The Labute approximate surface area is 171 Å². The predicted octanol–water partition coefficient (Wildman–Crippen LogP) is 3.07. The molecule has 0 aromatic heterocycles. The van der Waals surface area contributed by atoms with Crippen molar-refractivity contribution in [1.82, 2.24) is 4.72 Å². The fourth-order valence-electron chi connectivity index (χ4n) is 2.47. The van der Waals surface area contributed by atoms with E-state index in [1.54, 1.807) is 0 Å². The zero-order valence-corrected chi connectivity index (χ0v) is 16.8. The number of anilines is 1. The summed E-state index contributed by atoms with van der Waals surface area (Å²) in [5, 5.41) is 2.48. The zero-order chi connectivity index (χ0) is 22.5. The van der Waals surface area contributed by atoms with Crippen molar-refractivity contribution in [2.45, 2.75) is 37.6 Å². The summed E-state index contributed by atoms with van der Waals surface area (Å²) in [6, 6.07) is 8.46. The van der Waals surface area contributed by atoms with Crippen LogP contribution < -0.4 is 10.0 Å². The van der Waals surface area contributed by atoms with E-state index in [1.807, 2.05) is 0 Å². The first-order valence-corrected chi connectivity index (χ1v) is 10.1. The Bertz CT molecular complexity index is 1020. The van der Waals surface area contributed by atoms with Crippen LogP contribution in [0.25, 0.3) is 0 Å². The Kier molecular flexibility index (Phi) is 7.21. The van der Waals surface area contributed by atoms with Gasteiger partial charge in [-0.2, -0.15) is 17.9 Å². The van der Waals surface area contributed by atoms with Gasteiger partial charge in [0.2, 0.25) is 15.9 Å². The first-order valence-electron chi connectivity index (χ1n) is 8.62. The van der Waals surface area contributed by atoms with E-state index in [-0.39, 0.29) is 16.4 Å². The number of halogens is 3. The molecule has 1 amide bonds. The van der Waals surface area contributed by atoms with Gasteiger partial charge in [0.15, 0.2) is 0 Å². The second-order valence-corrected chi connectivity index (χ2v) is 8.03. The molecule has 11 heteroatoms. The topological polar surface area (TPSA) is 102 Å². The Morgan fingerprint density at radius 3 is 2.23 bits per heavy atom. The van der Waals surface area contributed by atoms with E-state index in [0.717, 1.165) is 6.07 Å². The number of rotatable bonds is 7. The van der Waals surface area contributed by atoms with Crippen LogP contribution in [0, 0.1) is 0 Å². The number of carbonyl (C=O) groups is 2. The minimum absolute atomic E-state index is 0.168. The van der Waals surface area contributed by atoms with Crippen molar-refractivity contribution in [2.24, 2.45) is 0 Å². The lowest BCUT2D eigenvalue weighted by molar-refractivity contribution is -0.149. The Morgan fingerprint density at radius 1 is 1.07 bits per heavy atom. The summed E-state index contributed by atoms with van der Waals surface area (Å²) in [6.07, 6.45) is -4.61. The average Bonchev–Trinajstić information content (AvgIpc) is 2.65. The number of carbonyl (C=O) groups excluding carboxylic acids is 2. The van der Waals surface area contributed by atoms with Crippen LogP contribution in [0.4, 0.5) is 18.9 Å². The quantitative estimate of drug-likeness (QED) is 0.639. The summed E-state index contributed by atoms with van der Waals surface area (Å²) in [7, 11) is -4.11. The van der Waals surface area contributed by atoms with Crippen molar-refractivity contribution in [3.8, 4) is 0 Å². The second-order valence-electron chi connectivity index (χ2n) is 6.31.